The molecule has 0 spiro atoms. The topological polar surface area (TPSA) is 98.2 Å². The van der Waals surface area contributed by atoms with Gasteiger partial charge < -0.3 is 16.0 Å². The molecule has 0 radical (unpaired) electrons. The quantitative estimate of drug-likeness (QED) is 0.772. The molecule has 3 N–H and O–H groups in total. The lowest BCUT2D eigenvalue weighted by Crippen LogP contribution is -2.40. The van der Waals surface area contributed by atoms with Crippen LogP contribution in [0.15, 0.2) is 29.1 Å². The maximum Gasteiger partial charge on any atom is 0.346 e. The predicted molar refractivity (Wildman–Crippen MR) is 107 cm³/mol. The molecular formula is C20H28N6O2. The van der Waals surface area contributed by atoms with Gasteiger partial charge in [-0.25, -0.2) is 9.48 Å². The Labute approximate surface area is 164 Å². The fourth-order valence-corrected chi connectivity index (χ4v) is 4.12. The van der Waals surface area contributed by atoms with Crippen molar-refractivity contribution in [1.82, 2.24) is 19.7 Å². The van der Waals surface area contributed by atoms with E-state index in [1.54, 1.807) is 4.57 Å². The van der Waals surface area contributed by atoms with Crippen molar-refractivity contribution < 1.29 is 4.79 Å². The van der Waals surface area contributed by atoms with E-state index in [1.807, 2.05) is 0 Å². The summed E-state index contributed by atoms with van der Waals surface area (Å²) in [5, 5.41) is 7.28. The Kier molecular flexibility index (Phi) is 5.47. The monoisotopic (exact) mass is 384 g/mol. The molecule has 1 atom stereocenters. The molecule has 1 aromatic heterocycles. The number of nitrogens with one attached hydrogen (secondary N) is 1. The first-order valence-corrected chi connectivity index (χ1v) is 10.1. The van der Waals surface area contributed by atoms with Gasteiger partial charge in [0.25, 0.3) is 0 Å². The molecule has 0 saturated carbocycles. The van der Waals surface area contributed by atoms with Crippen molar-refractivity contribution in [3.63, 3.8) is 0 Å². The van der Waals surface area contributed by atoms with Gasteiger partial charge in [0.1, 0.15) is 12.4 Å². The van der Waals surface area contributed by atoms with Crippen molar-refractivity contribution in [2.45, 2.75) is 51.2 Å². The second kappa shape index (κ2) is 8.18. The number of hydrogen-bond donors (Lipinski definition) is 2. The Balaban J connectivity index is 1.31. The molecule has 3 heterocycles. The summed E-state index contributed by atoms with van der Waals surface area (Å²) in [6.45, 7) is 2.84. The van der Waals surface area contributed by atoms with Crippen LogP contribution < -0.4 is 21.6 Å². The van der Waals surface area contributed by atoms with Gasteiger partial charge >= 0.3 is 5.69 Å². The molecule has 1 amide bonds. The molecule has 1 aromatic carbocycles. The normalized spacial score (nSPS) is 18.9. The van der Waals surface area contributed by atoms with Gasteiger partial charge in [-0.15, -0.1) is 0 Å². The van der Waals surface area contributed by atoms with Crippen molar-refractivity contribution in [3.05, 3.63) is 46.1 Å². The molecule has 2 aliphatic rings. The Bertz CT molecular complexity index is 902. The molecule has 2 aromatic rings. The fraction of sp³-hybridized carbons (Fsp3) is 0.550. The Morgan fingerprint density at radius 1 is 1.21 bits per heavy atom. The van der Waals surface area contributed by atoms with E-state index in [4.69, 9.17) is 5.73 Å². The van der Waals surface area contributed by atoms with E-state index in [-0.39, 0.29) is 24.2 Å². The number of anilines is 1. The first kappa shape index (κ1) is 18.7. The van der Waals surface area contributed by atoms with Crippen molar-refractivity contribution in [3.8, 4) is 0 Å². The van der Waals surface area contributed by atoms with E-state index in [2.05, 4.69) is 39.6 Å². The third kappa shape index (κ3) is 3.96. The zero-order valence-corrected chi connectivity index (χ0v) is 16.1. The van der Waals surface area contributed by atoms with Crippen LogP contribution in [0.4, 0.5) is 5.69 Å². The van der Waals surface area contributed by atoms with Gasteiger partial charge in [0.05, 0.1) is 0 Å². The van der Waals surface area contributed by atoms with Gasteiger partial charge in [0.2, 0.25) is 5.91 Å². The number of carbonyl (C=O) groups is 1. The largest absolute Gasteiger partial charge is 0.370 e. The molecule has 0 bridgehead atoms. The highest BCUT2D eigenvalue weighted by molar-refractivity contribution is 5.75. The molecule has 1 unspecified atom stereocenters. The fourth-order valence-electron chi connectivity index (χ4n) is 4.12. The van der Waals surface area contributed by atoms with E-state index in [0.717, 1.165) is 44.6 Å². The SMILES string of the molecule is NC1CCc2nn(CC(=O)NCCN3CCCc4ccccc43)c(=O)n2CC1. The number of aromatic nitrogens is 3. The summed E-state index contributed by atoms with van der Waals surface area (Å²) in [6.07, 6.45) is 4.50. The van der Waals surface area contributed by atoms with Gasteiger partial charge in [-0.2, -0.15) is 5.10 Å². The second-order valence-electron chi connectivity index (χ2n) is 7.66. The lowest BCUT2D eigenvalue weighted by molar-refractivity contribution is -0.121. The highest BCUT2D eigenvalue weighted by Crippen LogP contribution is 2.25. The Hall–Kier alpha value is -2.61. The Morgan fingerprint density at radius 3 is 2.96 bits per heavy atom. The van der Waals surface area contributed by atoms with Crippen LogP contribution >= 0.6 is 0 Å². The van der Waals surface area contributed by atoms with Crippen LogP contribution in [0.1, 0.15) is 30.7 Å². The zero-order chi connectivity index (χ0) is 19.5. The van der Waals surface area contributed by atoms with E-state index in [1.165, 1.54) is 15.9 Å². The van der Waals surface area contributed by atoms with E-state index >= 15 is 0 Å². The molecule has 4 rings (SSSR count). The van der Waals surface area contributed by atoms with Crippen LogP contribution in [0.3, 0.4) is 0 Å². The highest BCUT2D eigenvalue weighted by Gasteiger charge is 2.20. The molecule has 2 aliphatic heterocycles. The summed E-state index contributed by atoms with van der Waals surface area (Å²) in [5.41, 5.74) is 8.38. The first-order chi connectivity index (χ1) is 13.6. The summed E-state index contributed by atoms with van der Waals surface area (Å²) in [4.78, 5) is 27.1. The number of para-hydroxylation sites is 1. The van der Waals surface area contributed by atoms with Gasteiger partial charge in [0.15, 0.2) is 0 Å². The van der Waals surface area contributed by atoms with Crippen LogP contribution in [0, 0.1) is 0 Å². The van der Waals surface area contributed by atoms with Gasteiger partial charge in [-0.3, -0.25) is 9.36 Å². The number of fused-ring (bicyclic) bond motifs is 2. The van der Waals surface area contributed by atoms with Crippen molar-refractivity contribution >= 4 is 11.6 Å². The van der Waals surface area contributed by atoms with Crippen molar-refractivity contribution in [1.29, 1.82) is 0 Å². The van der Waals surface area contributed by atoms with Crippen molar-refractivity contribution in [2.75, 3.05) is 24.5 Å². The summed E-state index contributed by atoms with van der Waals surface area (Å²) in [5.74, 6) is 0.549. The molecule has 0 saturated heterocycles. The molecule has 8 nitrogen and oxygen atoms in total. The van der Waals surface area contributed by atoms with Gasteiger partial charge in [0, 0.05) is 44.3 Å². The highest BCUT2D eigenvalue weighted by atomic mass is 16.2. The van der Waals surface area contributed by atoms with Crippen LogP contribution in [0.5, 0.6) is 0 Å². The number of rotatable bonds is 5. The number of carbonyl (C=O) groups excluding carboxylic acids is 1. The Morgan fingerprint density at radius 2 is 2.07 bits per heavy atom. The third-order valence-electron chi connectivity index (χ3n) is 5.67. The molecule has 0 fully saturated rings. The number of benzene rings is 1. The molecule has 28 heavy (non-hydrogen) atoms. The maximum atomic E-state index is 12.5. The third-order valence-corrected chi connectivity index (χ3v) is 5.67. The summed E-state index contributed by atoms with van der Waals surface area (Å²) < 4.78 is 2.93. The van der Waals surface area contributed by atoms with Crippen LogP contribution in [-0.2, 0) is 30.7 Å². The van der Waals surface area contributed by atoms with Gasteiger partial charge in [-0.1, -0.05) is 18.2 Å². The van der Waals surface area contributed by atoms with Crippen molar-refractivity contribution in [2.24, 2.45) is 5.73 Å². The van der Waals surface area contributed by atoms with Crippen LogP contribution in [0.25, 0.3) is 0 Å². The molecule has 150 valence electrons. The maximum absolute atomic E-state index is 12.5. The van der Waals surface area contributed by atoms with Crippen LogP contribution in [-0.4, -0.2) is 45.9 Å². The van der Waals surface area contributed by atoms with E-state index in [0.29, 0.717) is 19.5 Å². The smallest absolute Gasteiger partial charge is 0.346 e. The zero-order valence-electron chi connectivity index (χ0n) is 16.1. The lowest BCUT2D eigenvalue weighted by atomic mass is 10.0. The minimum absolute atomic E-state index is 0.0402. The average molecular weight is 384 g/mol. The summed E-state index contributed by atoms with van der Waals surface area (Å²) in [7, 11) is 0. The molecular weight excluding hydrogens is 356 g/mol. The van der Waals surface area contributed by atoms with E-state index in [9.17, 15) is 9.59 Å². The minimum Gasteiger partial charge on any atom is -0.370 e. The second-order valence-corrected chi connectivity index (χ2v) is 7.66. The standard InChI is InChI=1S/C20H28N6O2/c21-16-7-8-18-23-26(20(28)25(18)12-9-16)14-19(27)22-10-13-24-11-3-5-15-4-1-2-6-17(15)24/h1-2,4,6,16H,3,5,7-14,21H2,(H,22,27). The summed E-state index contributed by atoms with van der Waals surface area (Å²) >= 11 is 0. The van der Waals surface area contributed by atoms with E-state index < -0.39 is 0 Å². The summed E-state index contributed by atoms with van der Waals surface area (Å²) in [6, 6.07) is 8.54. The molecule has 0 aliphatic carbocycles. The minimum atomic E-state index is -0.218. The van der Waals surface area contributed by atoms with Gasteiger partial charge in [-0.05, 0) is 37.3 Å². The predicted octanol–water partition coefficient (Wildman–Crippen LogP) is 0.277. The number of nitrogens with zero attached hydrogens (tertiary/aromatic N) is 4. The average Bonchev–Trinajstić information content (AvgIpc) is 2.86. The number of hydrogen-bond acceptors (Lipinski definition) is 5. The lowest BCUT2D eigenvalue weighted by Gasteiger charge is -2.31. The van der Waals surface area contributed by atoms with Crippen LogP contribution in [0.2, 0.25) is 0 Å². The number of nitrogens with two attached hydrogens (primary N) is 1. The molecule has 8 heteroatoms. The number of amides is 1. The number of aryl methyl sites for hydroxylation is 2. The first-order valence-electron chi connectivity index (χ1n) is 10.1.